The van der Waals surface area contributed by atoms with Crippen LogP contribution in [0, 0.1) is 0 Å². The number of ether oxygens (including phenoxy) is 2. The predicted molar refractivity (Wildman–Crippen MR) is 94.0 cm³/mol. The summed E-state index contributed by atoms with van der Waals surface area (Å²) in [5.41, 5.74) is -0.225. The molecule has 1 atom stereocenters. The van der Waals surface area contributed by atoms with Crippen LogP contribution in [0.4, 0.5) is 5.69 Å². The zero-order valence-electron chi connectivity index (χ0n) is 15.4. The summed E-state index contributed by atoms with van der Waals surface area (Å²) >= 11 is 0. The number of esters is 1. The molecule has 1 heterocycles. The van der Waals surface area contributed by atoms with Crippen LogP contribution in [0.15, 0.2) is 18.2 Å². The second kappa shape index (κ2) is 7.25. The fourth-order valence-corrected chi connectivity index (χ4v) is 2.79. The van der Waals surface area contributed by atoms with E-state index in [2.05, 4.69) is 0 Å². The van der Waals surface area contributed by atoms with Crippen LogP contribution in [0.5, 0.6) is 5.75 Å². The lowest BCUT2D eigenvalue weighted by Gasteiger charge is -2.41. The highest BCUT2D eigenvalue weighted by Gasteiger charge is 2.45. The van der Waals surface area contributed by atoms with Gasteiger partial charge in [0.1, 0.15) is 11.8 Å². The van der Waals surface area contributed by atoms with Gasteiger partial charge in [-0.1, -0.05) is 13.8 Å². The molecule has 1 unspecified atom stereocenters. The van der Waals surface area contributed by atoms with Crippen LogP contribution in [0.1, 0.15) is 57.8 Å². The standard InChI is InChI=1S/C19H25NO5/c1-6-10-24-17(22)14(7-2)20-15-11-13(12(3)21)8-9-16(15)25-19(4,5)18(20)23/h8-9,11,14H,6-7,10H2,1-5H3. The minimum Gasteiger partial charge on any atom is -0.476 e. The second-order valence-corrected chi connectivity index (χ2v) is 6.62. The van der Waals surface area contributed by atoms with Gasteiger partial charge in [-0.15, -0.1) is 0 Å². The molecule has 25 heavy (non-hydrogen) atoms. The summed E-state index contributed by atoms with van der Waals surface area (Å²) < 4.78 is 11.1. The Bertz CT molecular complexity index is 695. The van der Waals surface area contributed by atoms with E-state index in [1.807, 2.05) is 13.8 Å². The zero-order valence-corrected chi connectivity index (χ0v) is 15.4. The number of hydrogen-bond donors (Lipinski definition) is 0. The molecule has 0 bridgehead atoms. The number of fused-ring (bicyclic) bond motifs is 1. The number of rotatable bonds is 6. The van der Waals surface area contributed by atoms with E-state index < -0.39 is 17.6 Å². The Morgan fingerprint density at radius 1 is 1.28 bits per heavy atom. The molecule has 1 aromatic carbocycles. The van der Waals surface area contributed by atoms with Gasteiger partial charge < -0.3 is 9.47 Å². The Labute approximate surface area is 148 Å². The van der Waals surface area contributed by atoms with Gasteiger partial charge in [0, 0.05) is 5.56 Å². The Hall–Kier alpha value is -2.37. The highest BCUT2D eigenvalue weighted by Crippen LogP contribution is 2.40. The smallest absolute Gasteiger partial charge is 0.329 e. The van der Waals surface area contributed by atoms with E-state index in [1.54, 1.807) is 32.0 Å². The molecule has 0 radical (unpaired) electrons. The number of benzene rings is 1. The normalized spacial score (nSPS) is 16.7. The number of Topliss-reactive ketones (excluding diaryl/α,β-unsaturated/α-hetero) is 1. The molecule has 6 nitrogen and oxygen atoms in total. The van der Waals surface area contributed by atoms with Crippen molar-refractivity contribution in [3.63, 3.8) is 0 Å². The van der Waals surface area contributed by atoms with Crippen LogP contribution in [0.3, 0.4) is 0 Å². The molecule has 2 rings (SSSR count). The number of amides is 1. The van der Waals surface area contributed by atoms with E-state index in [0.29, 0.717) is 36.4 Å². The lowest BCUT2D eigenvalue weighted by molar-refractivity contribution is -0.148. The third-order valence-corrected chi connectivity index (χ3v) is 4.14. The van der Waals surface area contributed by atoms with E-state index in [1.165, 1.54) is 11.8 Å². The largest absolute Gasteiger partial charge is 0.476 e. The number of anilines is 1. The Morgan fingerprint density at radius 3 is 2.52 bits per heavy atom. The topological polar surface area (TPSA) is 72.9 Å². The summed E-state index contributed by atoms with van der Waals surface area (Å²) in [4.78, 5) is 38.6. The van der Waals surface area contributed by atoms with E-state index in [-0.39, 0.29) is 11.7 Å². The van der Waals surface area contributed by atoms with Gasteiger partial charge in [0.25, 0.3) is 5.91 Å². The number of carbonyl (C=O) groups excluding carboxylic acids is 3. The van der Waals surface area contributed by atoms with Gasteiger partial charge in [-0.25, -0.2) is 4.79 Å². The second-order valence-electron chi connectivity index (χ2n) is 6.62. The Kier molecular flexibility index (Phi) is 5.50. The van der Waals surface area contributed by atoms with Crippen LogP contribution in [0.25, 0.3) is 0 Å². The third kappa shape index (κ3) is 3.67. The maximum atomic E-state index is 13.0. The minimum atomic E-state index is -1.11. The quantitative estimate of drug-likeness (QED) is 0.584. The SMILES string of the molecule is CCCOC(=O)C(CC)N1C(=O)C(C)(C)Oc2ccc(C(C)=O)cc21. The van der Waals surface area contributed by atoms with E-state index in [9.17, 15) is 14.4 Å². The summed E-state index contributed by atoms with van der Waals surface area (Å²) in [6, 6.07) is 4.16. The van der Waals surface area contributed by atoms with Crippen LogP contribution >= 0.6 is 0 Å². The molecule has 1 amide bonds. The number of nitrogens with zero attached hydrogens (tertiary/aromatic N) is 1. The first kappa shape index (κ1) is 19.0. The van der Waals surface area contributed by atoms with Crippen molar-refractivity contribution >= 4 is 23.3 Å². The summed E-state index contributed by atoms with van der Waals surface area (Å²) in [7, 11) is 0. The molecule has 1 aliphatic heterocycles. The maximum Gasteiger partial charge on any atom is 0.329 e. The summed E-state index contributed by atoms with van der Waals surface area (Å²) in [5, 5.41) is 0. The van der Waals surface area contributed by atoms with Gasteiger partial charge in [-0.3, -0.25) is 14.5 Å². The number of hydrogen-bond acceptors (Lipinski definition) is 5. The zero-order chi connectivity index (χ0) is 18.8. The molecular weight excluding hydrogens is 322 g/mol. The molecule has 0 fully saturated rings. The van der Waals surface area contributed by atoms with Crippen molar-refractivity contribution in [2.75, 3.05) is 11.5 Å². The first-order valence-corrected chi connectivity index (χ1v) is 8.57. The van der Waals surface area contributed by atoms with Crippen LogP contribution < -0.4 is 9.64 Å². The third-order valence-electron chi connectivity index (χ3n) is 4.14. The van der Waals surface area contributed by atoms with Crippen molar-refractivity contribution in [3.05, 3.63) is 23.8 Å². The van der Waals surface area contributed by atoms with Crippen LogP contribution in [0.2, 0.25) is 0 Å². The van der Waals surface area contributed by atoms with Gasteiger partial charge in [0.05, 0.1) is 12.3 Å². The van der Waals surface area contributed by atoms with Gasteiger partial charge in [-0.2, -0.15) is 0 Å². The lowest BCUT2D eigenvalue weighted by atomic mass is 9.99. The van der Waals surface area contributed by atoms with Crippen LogP contribution in [-0.2, 0) is 14.3 Å². The van der Waals surface area contributed by atoms with E-state index in [0.717, 1.165) is 0 Å². The first-order valence-electron chi connectivity index (χ1n) is 8.57. The Balaban J connectivity index is 2.53. The molecule has 0 saturated carbocycles. The highest BCUT2D eigenvalue weighted by atomic mass is 16.5. The van der Waals surface area contributed by atoms with E-state index >= 15 is 0 Å². The molecule has 0 spiro atoms. The fourth-order valence-electron chi connectivity index (χ4n) is 2.79. The number of carbonyl (C=O) groups is 3. The summed E-state index contributed by atoms with van der Waals surface area (Å²) in [5.74, 6) is -0.437. The van der Waals surface area contributed by atoms with Crippen molar-refractivity contribution < 1.29 is 23.9 Å². The van der Waals surface area contributed by atoms with Crippen molar-refractivity contribution in [1.82, 2.24) is 0 Å². The molecule has 0 aliphatic carbocycles. The molecule has 6 heteroatoms. The van der Waals surface area contributed by atoms with Gasteiger partial charge >= 0.3 is 5.97 Å². The molecule has 0 N–H and O–H groups in total. The molecule has 0 saturated heterocycles. The lowest BCUT2D eigenvalue weighted by Crippen LogP contribution is -2.58. The van der Waals surface area contributed by atoms with Crippen molar-refractivity contribution in [2.24, 2.45) is 0 Å². The average molecular weight is 347 g/mol. The molecule has 1 aromatic rings. The Morgan fingerprint density at radius 2 is 1.96 bits per heavy atom. The monoisotopic (exact) mass is 347 g/mol. The number of ketones is 1. The van der Waals surface area contributed by atoms with Gasteiger partial charge in [-0.05, 0) is 51.8 Å². The molecular formula is C19H25NO5. The van der Waals surface area contributed by atoms with Crippen LogP contribution in [-0.4, -0.2) is 35.9 Å². The molecule has 0 aromatic heterocycles. The summed E-state index contributed by atoms with van der Waals surface area (Å²) in [6.45, 7) is 8.81. The molecule has 136 valence electrons. The van der Waals surface area contributed by atoms with Gasteiger partial charge in [0.2, 0.25) is 0 Å². The molecule has 1 aliphatic rings. The van der Waals surface area contributed by atoms with E-state index in [4.69, 9.17) is 9.47 Å². The average Bonchev–Trinajstić information content (AvgIpc) is 2.56. The first-order chi connectivity index (χ1) is 11.7. The maximum absolute atomic E-state index is 13.0. The van der Waals surface area contributed by atoms with Crippen molar-refractivity contribution in [2.45, 2.75) is 59.1 Å². The van der Waals surface area contributed by atoms with Crippen molar-refractivity contribution in [1.29, 1.82) is 0 Å². The minimum absolute atomic E-state index is 0.123. The van der Waals surface area contributed by atoms with Gasteiger partial charge in [0.15, 0.2) is 11.4 Å². The van der Waals surface area contributed by atoms with Crippen molar-refractivity contribution in [3.8, 4) is 5.75 Å². The summed E-state index contributed by atoms with van der Waals surface area (Å²) in [6.07, 6.45) is 1.10. The highest BCUT2D eigenvalue weighted by molar-refractivity contribution is 6.07. The fraction of sp³-hybridized carbons (Fsp3) is 0.526. The predicted octanol–water partition coefficient (Wildman–Crippen LogP) is 3.13.